The number of H-pyrrole nitrogens is 1. The molecule has 7 aromatic rings. The molecular weight excluding hydrogens is 576 g/mol. The van der Waals surface area contributed by atoms with E-state index < -0.39 is 17.9 Å². The zero-order valence-corrected chi connectivity index (χ0v) is 25.3. The van der Waals surface area contributed by atoms with Gasteiger partial charge < -0.3 is 9.80 Å². The van der Waals surface area contributed by atoms with Crippen LogP contribution in [0.25, 0.3) is 22.3 Å². The molecule has 6 nitrogen and oxygen atoms in total. The number of hydrogen-bond donors (Lipinski definition) is 1. The van der Waals surface area contributed by atoms with Gasteiger partial charge in [-0.25, -0.2) is 9.97 Å². The minimum Gasteiger partial charge on any atom is -0.339 e. The third kappa shape index (κ3) is 3.21. The second-order valence-electron chi connectivity index (χ2n) is 12.4. The largest absolute Gasteiger partial charge is 0.339 e. The van der Waals surface area contributed by atoms with E-state index in [0.29, 0.717) is 11.6 Å². The fraction of sp³-hybridized carbons (Fsp3) is 0.0976. The molecule has 0 spiro atoms. The lowest BCUT2D eigenvalue weighted by molar-refractivity contribution is 0.578. The van der Waals surface area contributed by atoms with Crippen molar-refractivity contribution >= 4 is 11.6 Å². The predicted molar refractivity (Wildman–Crippen MR) is 185 cm³/mol. The van der Waals surface area contributed by atoms with Gasteiger partial charge in [0.1, 0.15) is 5.54 Å². The summed E-state index contributed by atoms with van der Waals surface area (Å²) in [5, 5.41) is 7.84. The monoisotopic (exact) mass is 609 g/mol. The predicted octanol–water partition coefficient (Wildman–Crippen LogP) is 7.75. The van der Waals surface area contributed by atoms with Crippen LogP contribution in [0.2, 0.25) is 0 Å². The highest BCUT2D eigenvalue weighted by atomic mass is 15.4. The number of nitrogens with one attached hydrogen (secondary N) is 1. The zero-order valence-electron chi connectivity index (χ0n) is 28.3. The Labute approximate surface area is 277 Å². The molecule has 3 aliphatic rings. The number of rotatable bonds is 4. The smallest absolute Gasteiger partial charge is 0.174 e. The van der Waals surface area contributed by atoms with Gasteiger partial charge in [-0.15, -0.1) is 0 Å². The Hall–Kier alpha value is -6.01. The van der Waals surface area contributed by atoms with Crippen LogP contribution in [0.1, 0.15) is 43.2 Å². The van der Waals surface area contributed by atoms with Crippen LogP contribution < -0.4 is 9.80 Å². The fourth-order valence-corrected chi connectivity index (χ4v) is 8.65. The first-order valence-electron chi connectivity index (χ1n) is 17.3. The Morgan fingerprint density at radius 1 is 0.596 bits per heavy atom. The molecule has 0 amide bonds. The van der Waals surface area contributed by atoms with Gasteiger partial charge >= 0.3 is 0 Å². The third-order valence-corrected chi connectivity index (χ3v) is 10.4. The summed E-state index contributed by atoms with van der Waals surface area (Å²) < 4.78 is 25.6. The molecule has 0 radical (unpaired) electrons. The van der Waals surface area contributed by atoms with Crippen LogP contribution in [0, 0.1) is 0 Å². The SMILES string of the molecule is [2H]C([2H])([2H])N1CN(C2(c3cccc(C4(c5ccn[nH]5)c5ccccc5-c5ccccc54)c3)c3ccccc3-c3ccccc32)c2nccnc21. The van der Waals surface area contributed by atoms with E-state index in [1.54, 1.807) is 12.4 Å². The van der Waals surface area contributed by atoms with Crippen molar-refractivity contribution in [2.75, 3.05) is 23.4 Å². The van der Waals surface area contributed by atoms with Gasteiger partial charge in [0.15, 0.2) is 11.6 Å². The van der Waals surface area contributed by atoms with E-state index in [1.165, 1.54) is 27.2 Å². The lowest BCUT2D eigenvalue weighted by Crippen LogP contribution is -2.48. The van der Waals surface area contributed by atoms with Crippen molar-refractivity contribution in [1.29, 1.82) is 0 Å². The summed E-state index contributed by atoms with van der Waals surface area (Å²) in [5.74, 6) is 0.873. The van der Waals surface area contributed by atoms with Crippen molar-refractivity contribution in [3.8, 4) is 22.3 Å². The highest BCUT2D eigenvalue weighted by Gasteiger charge is 2.54. The first-order valence-corrected chi connectivity index (χ1v) is 15.8. The summed E-state index contributed by atoms with van der Waals surface area (Å²) in [6.07, 6.45) is 5.03. The molecule has 0 fully saturated rings. The lowest BCUT2D eigenvalue weighted by Gasteiger charge is -2.43. The van der Waals surface area contributed by atoms with E-state index in [9.17, 15) is 0 Å². The number of hydrogen-bond acceptors (Lipinski definition) is 5. The quantitative estimate of drug-likeness (QED) is 0.221. The Morgan fingerprint density at radius 3 is 1.74 bits per heavy atom. The molecule has 0 atom stereocenters. The number of aromatic nitrogens is 4. The Bertz CT molecular complexity index is 2360. The average molecular weight is 610 g/mol. The maximum atomic E-state index is 8.53. The van der Waals surface area contributed by atoms with Gasteiger partial charge in [0.25, 0.3) is 0 Å². The molecule has 10 rings (SSSR count). The van der Waals surface area contributed by atoms with Gasteiger partial charge in [0.05, 0.1) is 17.8 Å². The highest BCUT2D eigenvalue weighted by Crippen LogP contribution is 2.59. The maximum Gasteiger partial charge on any atom is 0.174 e. The van der Waals surface area contributed by atoms with Gasteiger partial charge in [-0.3, -0.25) is 5.10 Å². The molecule has 3 heterocycles. The van der Waals surface area contributed by atoms with Crippen LogP contribution in [-0.4, -0.2) is 33.8 Å². The van der Waals surface area contributed by atoms with E-state index in [2.05, 4.69) is 147 Å². The number of nitrogens with zero attached hydrogens (tertiary/aromatic N) is 5. The van der Waals surface area contributed by atoms with Crippen molar-refractivity contribution < 1.29 is 4.11 Å². The molecule has 0 saturated carbocycles. The molecule has 0 bridgehead atoms. The topological polar surface area (TPSA) is 60.9 Å². The van der Waals surface area contributed by atoms with Gasteiger partial charge in [-0.1, -0.05) is 121 Å². The molecule has 5 aromatic carbocycles. The lowest BCUT2D eigenvalue weighted by atomic mass is 9.68. The van der Waals surface area contributed by atoms with Crippen LogP contribution in [0.4, 0.5) is 11.6 Å². The summed E-state index contributed by atoms with van der Waals surface area (Å²) >= 11 is 0. The number of benzene rings is 5. The first kappa shape index (κ1) is 23.3. The third-order valence-electron chi connectivity index (χ3n) is 10.4. The Morgan fingerprint density at radius 2 is 1.15 bits per heavy atom. The Balaban J connectivity index is 1.31. The van der Waals surface area contributed by atoms with E-state index in [1.807, 2.05) is 6.20 Å². The van der Waals surface area contributed by atoms with Gasteiger partial charge in [-0.2, -0.15) is 5.10 Å². The fourth-order valence-electron chi connectivity index (χ4n) is 8.65. The van der Waals surface area contributed by atoms with Crippen molar-refractivity contribution in [1.82, 2.24) is 20.2 Å². The summed E-state index contributed by atoms with van der Waals surface area (Å²) in [6, 6.07) is 45.0. The second kappa shape index (κ2) is 9.50. The van der Waals surface area contributed by atoms with Crippen molar-refractivity contribution in [3.05, 3.63) is 185 Å². The average Bonchev–Trinajstić information content (AvgIpc) is 3.94. The molecule has 1 aliphatic heterocycles. The van der Waals surface area contributed by atoms with Crippen LogP contribution in [0.15, 0.2) is 146 Å². The molecule has 1 N–H and O–H groups in total. The summed E-state index contributed by atoms with van der Waals surface area (Å²) in [5.41, 5.74) is 10.5. The van der Waals surface area contributed by atoms with Crippen LogP contribution in [0.3, 0.4) is 0 Å². The van der Waals surface area contributed by atoms with E-state index in [-0.39, 0.29) is 6.67 Å². The van der Waals surface area contributed by atoms with Crippen LogP contribution >= 0.6 is 0 Å². The highest BCUT2D eigenvalue weighted by molar-refractivity contribution is 5.89. The molecule has 2 aliphatic carbocycles. The maximum absolute atomic E-state index is 8.53. The van der Waals surface area contributed by atoms with Crippen LogP contribution in [-0.2, 0) is 11.0 Å². The molecule has 0 saturated heterocycles. The summed E-state index contributed by atoms with van der Waals surface area (Å²) in [6.45, 7) is -2.36. The second-order valence-corrected chi connectivity index (χ2v) is 12.4. The molecule has 6 heteroatoms. The molecule has 47 heavy (non-hydrogen) atoms. The minimum atomic E-state index is -2.43. The number of fused-ring (bicyclic) bond motifs is 7. The zero-order chi connectivity index (χ0) is 33.7. The first-order chi connectivity index (χ1) is 24.4. The van der Waals surface area contributed by atoms with Crippen molar-refractivity contribution in [3.63, 3.8) is 0 Å². The summed E-state index contributed by atoms with van der Waals surface area (Å²) in [4.78, 5) is 13.0. The molecule has 0 unspecified atom stereocenters. The Kier molecular flexibility index (Phi) is 4.72. The van der Waals surface area contributed by atoms with Gasteiger partial charge in [-0.05, 0) is 61.7 Å². The number of aromatic amines is 1. The van der Waals surface area contributed by atoms with Gasteiger partial charge in [0.2, 0.25) is 0 Å². The van der Waals surface area contributed by atoms with Crippen LogP contribution in [0.5, 0.6) is 0 Å². The standard InChI is InChI=1S/C41H30N6/c1-46-26-47(39-38(46)42-23-24-43-39)41(35-19-8-4-15-31(35)32-16-5-9-20-36(32)41)28-12-10-11-27(25-28)40(37-21-22-44-45-37)33-17-6-2-13-29(33)30-14-3-7-18-34(30)40/h2-25H,26H2,1H3,(H,44,45)/i1D3. The molecular formula is C41H30N6. The van der Waals surface area contributed by atoms with Gasteiger partial charge in [0, 0.05) is 29.7 Å². The number of anilines is 2. The van der Waals surface area contributed by atoms with E-state index in [0.717, 1.165) is 39.1 Å². The van der Waals surface area contributed by atoms with Crippen molar-refractivity contribution in [2.24, 2.45) is 0 Å². The van der Waals surface area contributed by atoms with E-state index >= 15 is 0 Å². The molecule has 2 aromatic heterocycles. The van der Waals surface area contributed by atoms with Crippen molar-refractivity contribution in [2.45, 2.75) is 11.0 Å². The normalized spacial score (nSPS) is 17.1. The molecule has 224 valence electrons. The summed E-state index contributed by atoms with van der Waals surface area (Å²) in [7, 11) is 0. The minimum absolute atomic E-state index is 0.0695. The van der Waals surface area contributed by atoms with E-state index in [4.69, 9.17) is 9.10 Å².